The molecule has 0 radical (unpaired) electrons. The van der Waals surface area contributed by atoms with Gasteiger partial charge in [-0.05, 0) is 48.1 Å². The first-order valence-corrected chi connectivity index (χ1v) is 9.07. The monoisotopic (exact) mass is 319 g/mol. The van der Waals surface area contributed by atoms with E-state index in [-0.39, 0.29) is 0 Å². The highest BCUT2D eigenvalue weighted by molar-refractivity contribution is 8.01. The van der Waals surface area contributed by atoms with Crippen LogP contribution in [0, 0.1) is 0 Å². The molecule has 112 valence electrons. The summed E-state index contributed by atoms with van der Waals surface area (Å²) in [6, 6.07) is 11.4. The number of ether oxygens (including phenoxy) is 1. The molecule has 1 aromatic heterocycles. The fourth-order valence-corrected chi connectivity index (χ4v) is 5.38. The zero-order chi connectivity index (χ0) is 14.8. The molecule has 0 bridgehead atoms. The number of methoxy groups -OCH3 is 1. The molecule has 0 saturated carbocycles. The van der Waals surface area contributed by atoms with Crippen LogP contribution in [0.5, 0.6) is 5.75 Å². The molecule has 4 heteroatoms. The van der Waals surface area contributed by atoms with E-state index in [0.717, 1.165) is 5.75 Å². The molecule has 0 fully saturated rings. The molecule has 2 aromatic rings. The molecular weight excluding hydrogens is 298 g/mol. The second-order valence-corrected chi connectivity index (χ2v) is 8.17. The van der Waals surface area contributed by atoms with E-state index >= 15 is 0 Å². The standard InChI is InChI=1S/C17H21NOS2/c1-11-9-16(15-7-8-20-17(15)21-11)18-12(2)13-5-4-6-14(10-13)19-3/h4-8,10-12,16,18H,9H2,1-3H3/t11-,12-,16?/m0/s1. The molecule has 0 aliphatic carbocycles. The summed E-state index contributed by atoms with van der Waals surface area (Å²) in [6.07, 6.45) is 1.18. The van der Waals surface area contributed by atoms with Crippen LogP contribution < -0.4 is 10.1 Å². The Morgan fingerprint density at radius 1 is 1.33 bits per heavy atom. The second-order valence-electron chi connectivity index (χ2n) is 5.55. The number of hydrogen-bond donors (Lipinski definition) is 1. The van der Waals surface area contributed by atoms with Crippen molar-refractivity contribution in [1.29, 1.82) is 0 Å². The molecule has 2 heterocycles. The fourth-order valence-electron chi connectivity index (χ4n) is 2.82. The number of hydrogen-bond acceptors (Lipinski definition) is 4. The van der Waals surface area contributed by atoms with Crippen LogP contribution in [-0.2, 0) is 0 Å². The van der Waals surface area contributed by atoms with Crippen molar-refractivity contribution in [3.63, 3.8) is 0 Å². The highest BCUT2D eigenvalue weighted by atomic mass is 32.2. The van der Waals surface area contributed by atoms with Gasteiger partial charge in [-0.2, -0.15) is 0 Å². The zero-order valence-corrected chi connectivity index (χ0v) is 14.3. The van der Waals surface area contributed by atoms with E-state index in [1.54, 1.807) is 7.11 Å². The summed E-state index contributed by atoms with van der Waals surface area (Å²) >= 11 is 3.87. The Hall–Kier alpha value is -0.970. The first-order valence-electron chi connectivity index (χ1n) is 7.31. The van der Waals surface area contributed by atoms with Crippen molar-refractivity contribution in [2.45, 2.75) is 41.8 Å². The van der Waals surface area contributed by atoms with Crippen LogP contribution >= 0.6 is 23.1 Å². The maximum absolute atomic E-state index is 5.33. The Morgan fingerprint density at radius 3 is 3.00 bits per heavy atom. The molecule has 1 N–H and O–H groups in total. The van der Waals surface area contributed by atoms with Gasteiger partial charge in [0.05, 0.1) is 11.3 Å². The Morgan fingerprint density at radius 2 is 2.19 bits per heavy atom. The number of fused-ring (bicyclic) bond motifs is 1. The Kier molecular flexibility index (Phi) is 4.57. The number of thiophene rings is 1. The summed E-state index contributed by atoms with van der Waals surface area (Å²) in [5.74, 6) is 0.921. The smallest absolute Gasteiger partial charge is 0.119 e. The van der Waals surface area contributed by atoms with Crippen LogP contribution in [0.3, 0.4) is 0 Å². The second kappa shape index (κ2) is 6.42. The summed E-state index contributed by atoms with van der Waals surface area (Å²) in [5.41, 5.74) is 2.75. The first kappa shape index (κ1) is 14.9. The highest BCUT2D eigenvalue weighted by Gasteiger charge is 2.27. The van der Waals surface area contributed by atoms with Crippen molar-refractivity contribution >= 4 is 23.1 Å². The Balaban J connectivity index is 1.77. The van der Waals surface area contributed by atoms with E-state index < -0.39 is 0 Å². The van der Waals surface area contributed by atoms with Gasteiger partial charge in [0.1, 0.15) is 5.75 Å². The van der Waals surface area contributed by atoms with Crippen molar-refractivity contribution < 1.29 is 4.74 Å². The third-order valence-corrected chi connectivity index (χ3v) is 6.30. The van der Waals surface area contributed by atoms with Gasteiger partial charge >= 0.3 is 0 Å². The van der Waals surface area contributed by atoms with Crippen molar-refractivity contribution in [2.75, 3.05) is 7.11 Å². The minimum absolute atomic E-state index is 0.313. The molecule has 1 aliphatic rings. The Bertz CT molecular complexity index is 610. The van der Waals surface area contributed by atoms with Crippen molar-refractivity contribution in [3.05, 3.63) is 46.8 Å². The van der Waals surface area contributed by atoms with E-state index in [0.29, 0.717) is 17.3 Å². The van der Waals surface area contributed by atoms with Gasteiger partial charge in [0.2, 0.25) is 0 Å². The topological polar surface area (TPSA) is 21.3 Å². The lowest BCUT2D eigenvalue weighted by Crippen LogP contribution is -2.28. The predicted molar refractivity (Wildman–Crippen MR) is 91.5 cm³/mol. The van der Waals surface area contributed by atoms with Gasteiger partial charge in [0.25, 0.3) is 0 Å². The van der Waals surface area contributed by atoms with Gasteiger partial charge in [-0.1, -0.05) is 19.1 Å². The number of nitrogens with one attached hydrogen (secondary N) is 1. The van der Waals surface area contributed by atoms with Crippen LogP contribution in [0.1, 0.15) is 43.5 Å². The van der Waals surface area contributed by atoms with E-state index in [9.17, 15) is 0 Å². The quantitative estimate of drug-likeness (QED) is 0.853. The molecule has 0 spiro atoms. The lowest BCUT2D eigenvalue weighted by molar-refractivity contribution is 0.409. The molecule has 0 amide bonds. The van der Waals surface area contributed by atoms with E-state index in [2.05, 4.69) is 48.8 Å². The average Bonchev–Trinajstić information content (AvgIpc) is 2.95. The maximum atomic E-state index is 5.33. The van der Waals surface area contributed by atoms with Gasteiger partial charge in [-0.25, -0.2) is 0 Å². The number of thioether (sulfide) groups is 1. The van der Waals surface area contributed by atoms with Crippen LogP contribution in [0.15, 0.2) is 39.9 Å². The summed E-state index contributed by atoms with van der Waals surface area (Å²) < 4.78 is 6.80. The third-order valence-electron chi connectivity index (χ3n) is 3.95. The van der Waals surface area contributed by atoms with Crippen LogP contribution in [-0.4, -0.2) is 12.4 Å². The van der Waals surface area contributed by atoms with Gasteiger partial charge < -0.3 is 10.1 Å². The minimum Gasteiger partial charge on any atom is -0.497 e. The summed E-state index contributed by atoms with van der Waals surface area (Å²) in [6.45, 7) is 4.55. The van der Waals surface area contributed by atoms with Crippen molar-refractivity contribution in [1.82, 2.24) is 5.32 Å². The number of rotatable bonds is 4. The minimum atomic E-state index is 0.313. The fraction of sp³-hybridized carbons (Fsp3) is 0.412. The predicted octanol–water partition coefficient (Wildman–Crippen LogP) is 5.03. The summed E-state index contributed by atoms with van der Waals surface area (Å²) in [4.78, 5) is 0. The normalized spacial score (nSPS) is 22.6. The number of benzene rings is 1. The Labute approximate surface area is 134 Å². The zero-order valence-electron chi connectivity index (χ0n) is 12.6. The van der Waals surface area contributed by atoms with Crippen molar-refractivity contribution in [2.24, 2.45) is 0 Å². The van der Waals surface area contributed by atoms with Gasteiger partial charge in [-0.3, -0.25) is 0 Å². The van der Waals surface area contributed by atoms with E-state index in [4.69, 9.17) is 4.74 Å². The summed E-state index contributed by atoms with van der Waals surface area (Å²) in [7, 11) is 1.72. The van der Waals surface area contributed by atoms with Crippen LogP contribution in [0.2, 0.25) is 0 Å². The van der Waals surface area contributed by atoms with Crippen molar-refractivity contribution in [3.8, 4) is 5.75 Å². The largest absolute Gasteiger partial charge is 0.497 e. The van der Waals surface area contributed by atoms with Gasteiger partial charge in [-0.15, -0.1) is 23.1 Å². The first-order chi connectivity index (χ1) is 10.2. The molecule has 21 heavy (non-hydrogen) atoms. The third kappa shape index (κ3) is 3.28. The lowest BCUT2D eigenvalue weighted by atomic mass is 10.0. The van der Waals surface area contributed by atoms with Crippen LogP contribution in [0.25, 0.3) is 0 Å². The van der Waals surface area contributed by atoms with Gasteiger partial charge in [0.15, 0.2) is 0 Å². The molecule has 1 aliphatic heterocycles. The molecule has 0 saturated heterocycles. The maximum Gasteiger partial charge on any atom is 0.119 e. The van der Waals surface area contributed by atoms with Crippen LogP contribution in [0.4, 0.5) is 0 Å². The van der Waals surface area contributed by atoms with Gasteiger partial charge in [0, 0.05) is 17.3 Å². The van der Waals surface area contributed by atoms with E-state index in [1.165, 1.54) is 21.8 Å². The van der Waals surface area contributed by atoms with E-state index in [1.807, 2.05) is 29.2 Å². The molecule has 2 nitrogen and oxygen atoms in total. The average molecular weight is 319 g/mol. The molecule has 3 rings (SSSR count). The molecule has 3 atom stereocenters. The highest BCUT2D eigenvalue weighted by Crippen LogP contribution is 2.44. The summed E-state index contributed by atoms with van der Waals surface area (Å²) in [5, 5.41) is 6.68. The molecular formula is C17H21NOS2. The lowest BCUT2D eigenvalue weighted by Gasteiger charge is -2.30. The molecule has 1 unspecified atom stereocenters. The SMILES string of the molecule is COc1cccc([C@H](C)NC2C[C@H](C)Sc3sccc32)c1. The molecule has 1 aromatic carbocycles.